The topological polar surface area (TPSA) is 69.0 Å². The molecule has 0 radical (unpaired) electrons. The van der Waals surface area contributed by atoms with Gasteiger partial charge in [0.05, 0.1) is 12.9 Å². The van der Waals surface area contributed by atoms with Gasteiger partial charge in [-0.3, -0.25) is 9.36 Å². The van der Waals surface area contributed by atoms with Crippen LogP contribution in [0.15, 0.2) is 59.8 Å². The molecule has 0 saturated carbocycles. The number of nitrogens with one attached hydrogen (secondary N) is 1. The van der Waals surface area contributed by atoms with Gasteiger partial charge in [0.25, 0.3) is 0 Å². The van der Waals surface area contributed by atoms with E-state index in [1.165, 1.54) is 11.8 Å². The number of hydrogen-bond acceptors (Lipinski definition) is 5. The predicted octanol–water partition coefficient (Wildman–Crippen LogP) is 4.20. The smallest absolute Gasteiger partial charge is 0.230 e. The van der Waals surface area contributed by atoms with E-state index in [1.54, 1.807) is 7.11 Å². The maximum atomic E-state index is 12.3. The molecule has 3 aromatic rings. The van der Waals surface area contributed by atoms with Crippen LogP contribution in [0.1, 0.15) is 20.8 Å². The molecule has 29 heavy (non-hydrogen) atoms. The zero-order valence-electron chi connectivity index (χ0n) is 17.1. The van der Waals surface area contributed by atoms with Crippen molar-refractivity contribution in [3.63, 3.8) is 0 Å². The van der Waals surface area contributed by atoms with E-state index < -0.39 is 0 Å². The van der Waals surface area contributed by atoms with E-state index in [0.717, 1.165) is 22.8 Å². The van der Waals surface area contributed by atoms with Crippen molar-refractivity contribution in [3.8, 4) is 22.8 Å². The Morgan fingerprint density at radius 1 is 1.07 bits per heavy atom. The molecular weight excluding hydrogens is 384 g/mol. The average Bonchev–Trinajstić information content (AvgIpc) is 3.16. The molecule has 0 aliphatic rings. The Labute approximate surface area is 175 Å². The Bertz CT molecular complexity index is 939. The van der Waals surface area contributed by atoms with Crippen molar-refractivity contribution >= 4 is 17.7 Å². The fourth-order valence-electron chi connectivity index (χ4n) is 2.69. The monoisotopic (exact) mass is 410 g/mol. The molecule has 2 aromatic carbocycles. The summed E-state index contributed by atoms with van der Waals surface area (Å²) < 4.78 is 7.24. The molecule has 1 N–H and O–H groups in total. The second kappa shape index (κ2) is 9.60. The number of benzene rings is 2. The summed E-state index contributed by atoms with van der Waals surface area (Å²) >= 11 is 1.38. The van der Waals surface area contributed by atoms with E-state index in [2.05, 4.69) is 29.4 Å². The standard InChI is InChI=1S/C22H26N4O2S/c1-15(2)16(3)23-20(27)14-29-22-25-24-21(17-8-6-5-7-9-17)26(22)18-10-12-19(28-4)13-11-18/h5-13,15-16H,14H2,1-4H3,(H,23,27). The molecule has 0 aliphatic carbocycles. The third-order valence-corrected chi connectivity index (χ3v) is 5.65. The summed E-state index contributed by atoms with van der Waals surface area (Å²) in [5.74, 6) is 2.16. The Kier molecular flexibility index (Phi) is 6.93. The molecule has 0 fully saturated rings. The van der Waals surface area contributed by atoms with Crippen molar-refractivity contribution in [1.82, 2.24) is 20.1 Å². The van der Waals surface area contributed by atoms with E-state index >= 15 is 0 Å². The van der Waals surface area contributed by atoms with E-state index in [-0.39, 0.29) is 17.7 Å². The van der Waals surface area contributed by atoms with Gasteiger partial charge in [0.1, 0.15) is 5.75 Å². The third-order valence-electron chi connectivity index (χ3n) is 4.72. The van der Waals surface area contributed by atoms with Gasteiger partial charge in [0.2, 0.25) is 5.91 Å². The number of aromatic nitrogens is 3. The number of carbonyl (C=O) groups excluding carboxylic acids is 1. The second-order valence-corrected chi connectivity index (χ2v) is 8.04. The lowest BCUT2D eigenvalue weighted by Gasteiger charge is -2.17. The van der Waals surface area contributed by atoms with Crippen LogP contribution in [0.4, 0.5) is 0 Å². The highest BCUT2D eigenvalue weighted by Crippen LogP contribution is 2.28. The van der Waals surface area contributed by atoms with Gasteiger partial charge in [-0.25, -0.2) is 0 Å². The van der Waals surface area contributed by atoms with Crippen LogP contribution in [0, 0.1) is 5.92 Å². The van der Waals surface area contributed by atoms with Crippen LogP contribution in [0.5, 0.6) is 5.75 Å². The number of rotatable bonds is 8. The highest BCUT2D eigenvalue weighted by Gasteiger charge is 2.18. The highest BCUT2D eigenvalue weighted by atomic mass is 32.2. The zero-order chi connectivity index (χ0) is 20.8. The first-order valence-corrected chi connectivity index (χ1v) is 10.6. The Morgan fingerprint density at radius 3 is 2.38 bits per heavy atom. The van der Waals surface area contributed by atoms with Crippen molar-refractivity contribution in [2.45, 2.75) is 32.0 Å². The minimum atomic E-state index is -0.0123. The lowest BCUT2D eigenvalue weighted by molar-refractivity contribution is -0.119. The molecule has 3 rings (SSSR count). The van der Waals surface area contributed by atoms with Crippen LogP contribution < -0.4 is 10.1 Å². The third kappa shape index (κ3) is 5.17. The maximum absolute atomic E-state index is 12.3. The summed E-state index contributed by atoms with van der Waals surface area (Å²) in [5, 5.41) is 12.5. The van der Waals surface area contributed by atoms with Gasteiger partial charge in [-0.1, -0.05) is 55.9 Å². The van der Waals surface area contributed by atoms with Crippen LogP contribution >= 0.6 is 11.8 Å². The zero-order valence-corrected chi connectivity index (χ0v) is 17.9. The van der Waals surface area contributed by atoms with Crippen LogP contribution in [0.25, 0.3) is 17.1 Å². The molecule has 1 unspecified atom stereocenters. The van der Waals surface area contributed by atoms with Crippen molar-refractivity contribution < 1.29 is 9.53 Å². The number of ether oxygens (including phenoxy) is 1. The molecule has 0 bridgehead atoms. The van der Waals surface area contributed by atoms with Gasteiger partial charge in [-0.05, 0) is 37.1 Å². The second-order valence-electron chi connectivity index (χ2n) is 7.09. The molecule has 0 saturated heterocycles. The van der Waals surface area contributed by atoms with Gasteiger partial charge >= 0.3 is 0 Å². The quantitative estimate of drug-likeness (QED) is 0.564. The first-order valence-electron chi connectivity index (χ1n) is 9.57. The summed E-state index contributed by atoms with van der Waals surface area (Å²) in [4.78, 5) is 12.3. The van der Waals surface area contributed by atoms with E-state index in [1.807, 2.05) is 66.1 Å². The average molecular weight is 411 g/mol. The molecule has 1 atom stereocenters. The van der Waals surface area contributed by atoms with Gasteiger partial charge in [0, 0.05) is 17.3 Å². The molecule has 1 amide bonds. The predicted molar refractivity (Wildman–Crippen MR) is 117 cm³/mol. The number of amides is 1. The fraction of sp³-hybridized carbons (Fsp3) is 0.318. The van der Waals surface area contributed by atoms with E-state index in [9.17, 15) is 4.79 Å². The normalized spacial score (nSPS) is 12.0. The van der Waals surface area contributed by atoms with Crippen LogP contribution in [0.3, 0.4) is 0 Å². The summed E-state index contributed by atoms with van der Waals surface area (Å²) in [6.45, 7) is 6.19. The number of thioether (sulfide) groups is 1. The Morgan fingerprint density at radius 2 is 1.76 bits per heavy atom. The van der Waals surface area contributed by atoms with Gasteiger partial charge in [0.15, 0.2) is 11.0 Å². The number of carbonyl (C=O) groups is 1. The van der Waals surface area contributed by atoms with Crippen molar-refractivity contribution in [3.05, 3.63) is 54.6 Å². The molecule has 1 heterocycles. The Balaban J connectivity index is 1.89. The molecule has 0 aliphatic heterocycles. The van der Waals surface area contributed by atoms with Gasteiger partial charge in [-0.2, -0.15) is 0 Å². The summed E-state index contributed by atoms with van der Waals surface area (Å²) in [6.07, 6.45) is 0. The van der Waals surface area contributed by atoms with Crippen LogP contribution in [-0.2, 0) is 4.79 Å². The highest BCUT2D eigenvalue weighted by molar-refractivity contribution is 7.99. The summed E-state index contributed by atoms with van der Waals surface area (Å²) in [7, 11) is 1.64. The number of methoxy groups -OCH3 is 1. The minimum Gasteiger partial charge on any atom is -0.497 e. The summed E-state index contributed by atoms with van der Waals surface area (Å²) in [6, 6.07) is 17.7. The van der Waals surface area contributed by atoms with E-state index in [4.69, 9.17) is 4.74 Å². The molecule has 7 heteroatoms. The lowest BCUT2D eigenvalue weighted by atomic mass is 10.1. The van der Waals surface area contributed by atoms with Crippen LogP contribution in [0.2, 0.25) is 0 Å². The minimum absolute atomic E-state index is 0.0123. The van der Waals surface area contributed by atoms with Gasteiger partial charge < -0.3 is 10.1 Å². The number of nitrogens with zero attached hydrogens (tertiary/aromatic N) is 3. The van der Waals surface area contributed by atoms with Crippen molar-refractivity contribution in [2.24, 2.45) is 5.92 Å². The van der Waals surface area contributed by atoms with Gasteiger partial charge in [-0.15, -0.1) is 10.2 Å². The van der Waals surface area contributed by atoms with Crippen molar-refractivity contribution in [2.75, 3.05) is 12.9 Å². The van der Waals surface area contributed by atoms with Crippen LogP contribution in [-0.4, -0.2) is 39.6 Å². The summed E-state index contributed by atoms with van der Waals surface area (Å²) in [5.41, 5.74) is 1.87. The maximum Gasteiger partial charge on any atom is 0.230 e. The Hall–Kier alpha value is -2.80. The number of hydrogen-bond donors (Lipinski definition) is 1. The largest absolute Gasteiger partial charge is 0.497 e. The molecular formula is C22H26N4O2S. The molecule has 152 valence electrons. The fourth-order valence-corrected chi connectivity index (χ4v) is 3.46. The lowest BCUT2D eigenvalue weighted by Crippen LogP contribution is -2.37. The molecule has 1 aromatic heterocycles. The first kappa shape index (κ1) is 20.9. The van der Waals surface area contributed by atoms with E-state index in [0.29, 0.717) is 11.1 Å². The van der Waals surface area contributed by atoms with Crippen molar-refractivity contribution in [1.29, 1.82) is 0 Å². The SMILES string of the molecule is COc1ccc(-n2c(SCC(=O)NC(C)C(C)C)nnc2-c2ccccc2)cc1. The molecule has 6 nitrogen and oxygen atoms in total. The first-order chi connectivity index (χ1) is 14.0. The molecule has 0 spiro atoms.